The van der Waals surface area contributed by atoms with Gasteiger partial charge in [-0.25, -0.2) is 4.39 Å². The molecule has 0 saturated carbocycles. The molecule has 5 heteroatoms. The topological polar surface area (TPSA) is 47.3 Å². The van der Waals surface area contributed by atoms with E-state index in [9.17, 15) is 4.39 Å². The molecule has 0 spiro atoms. The number of nitrogens with one attached hydrogen (secondary N) is 1. The molecule has 0 unspecified atom stereocenters. The van der Waals surface area contributed by atoms with Crippen LogP contribution in [0.1, 0.15) is 0 Å². The van der Waals surface area contributed by atoms with Gasteiger partial charge in [-0.2, -0.15) is 0 Å². The molecule has 18 heavy (non-hydrogen) atoms. The van der Waals surface area contributed by atoms with Crippen LogP contribution < -0.4 is 15.8 Å². The first-order chi connectivity index (χ1) is 8.60. The maximum atomic E-state index is 13.4. The maximum Gasteiger partial charge on any atom is 0.167 e. The lowest BCUT2D eigenvalue weighted by molar-refractivity contribution is 0.387. The van der Waals surface area contributed by atoms with Gasteiger partial charge >= 0.3 is 0 Å². The number of ether oxygens (including phenoxy) is 1. The predicted molar refractivity (Wildman–Crippen MR) is 79.8 cm³/mol. The Bertz CT molecular complexity index is 575. The van der Waals surface area contributed by atoms with Gasteiger partial charge in [-0.3, -0.25) is 0 Å². The van der Waals surface area contributed by atoms with Crippen molar-refractivity contribution in [1.29, 1.82) is 0 Å². The van der Waals surface area contributed by atoms with Crippen molar-refractivity contribution in [3.8, 4) is 5.75 Å². The highest BCUT2D eigenvalue weighted by molar-refractivity contribution is 14.1. The third kappa shape index (κ3) is 2.84. The highest BCUT2D eigenvalue weighted by Gasteiger charge is 2.08. The SMILES string of the molecule is COc1cc(Nc2cccc(I)c2)c(N)cc1F. The third-order valence-electron chi connectivity index (χ3n) is 2.43. The molecule has 0 aliphatic heterocycles. The van der Waals surface area contributed by atoms with E-state index in [1.807, 2.05) is 24.3 Å². The Morgan fingerprint density at radius 1 is 1.28 bits per heavy atom. The summed E-state index contributed by atoms with van der Waals surface area (Å²) in [5, 5.41) is 3.14. The number of methoxy groups -OCH3 is 1. The second-order valence-electron chi connectivity index (χ2n) is 3.71. The summed E-state index contributed by atoms with van der Waals surface area (Å²) in [6.45, 7) is 0. The predicted octanol–water partition coefficient (Wildman–Crippen LogP) is 3.76. The fourth-order valence-electron chi connectivity index (χ4n) is 1.56. The van der Waals surface area contributed by atoms with Crippen molar-refractivity contribution in [2.75, 3.05) is 18.2 Å². The molecule has 2 aromatic carbocycles. The van der Waals surface area contributed by atoms with Crippen LogP contribution in [0.25, 0.3) is 0 Å². The van der Waals surface area contributed by atoms with Gasteiger partial charge in [0.1, 0.15) is 0 Å². The Hall–Kier alpha value is -1.50. The number of hydrogen-bond donors (Lipinski definition) is 2. The van der Waals surface area contributed by atoms with Crippen LogP contribution in [-0.2, 0) is 0 Å². The number of benzene rings is 2. The average molecular weight is 358 g/mol. The normalized spacial score (nSPS) is 10.2. The molecule has 0 aliphatic rings. The van der Waals surface area contributed by atoms with Crippen LogP contribution in [0.5, 0.6) is 5.75 Å². The molecular weight excluding hydrogens is 346 g/mol. The Kier molecular flexibility index (Phi) is 3.90. The molecular formula is C13H12FIN2O. The van der Waals surface area contributed by atoms with Gasteiger partial charge in [0, 0.05) is 21.4 Å². The van der Waals surface area contributed by atoms with Gasteiger partial charge in [0.2, 0.25) is 0 Å². The summed E-state index contributed by atoms with van der Waals surface area (Å²) < 4.78 is 19.4. The van der Waals surface area contributed by atoms with Crippen molar-refractivity contribution in [2.24, 2.45) is 0 Å². The zero-order valence-corrected chi connectivity index (χ0v) is 11.9. The lowest BCUT2D eigenvalue weighted by Gasteiger charge is -2.12. The van der Waals surface area contributed by atoms with Gasteiger partial charge in [-0.15, -0.1) is 0 Å². The molecule has 0 bridgehead atoms. The van der Waals surface area contributed by atoms with Gasteiger partial charge < -0.3 is 15.8 Å². The summed E-state index contributed by atoms with van der Waals surface area (Å²) in [7, 11) is 1.42. The Morgan fingerprint density at radius 2 is 2.06 bits per heavy atom. The minimum atomic E-state index is -0.469. The number of nitrogens with two attached hydrogens (primary N) is 1. The first-order valence-electron chi connectivity index (χ1n) is 5.26. The molecule has 3 nitrogen and oxygen atoms in total. The monoisotopic (exact) mass is 358 g/mol. The number of nitrogen functional groups attached to an aromatic ring is 1. The van der Waals surface area contributed by atoms with Crippen LogP contribution in [0.15, 0.2) is 36.4 Å². The van der Waals surface area contributed by atoms with E-state index < -0.39 is 5.82 Å². The summed E-state index contributed by atoms with van der Waals surface area (Å²) in [6, 6.07) is 10.6. The van der Waals surface area contributed by atoms with Crippen molar-refractivity contribution in [3.63, 3.8) is 0 Å². The molecule has 0 aliphatic carbocycles. The minimum Gasteiger partial charge on any atom is -0.494 e. The molecule has 3 N–H and O–H groups in total. The second kappa shape index (κ2) is 5.43. The number of anilines is 3. The number of rotatable bonds is 3. The fourth-order valence-corrected chi connectivity index (χ4v) is 2.10. The summed E-state index contributed by atoms with van der Waals surface area (Å²) in [5.41, 5.74) is 7.62. The first kappa shape index (κ1) is 12.9. The molecule has 94 valence electrons. The van der Waals surface area contributed by atoms with Crippen molar-refractivity contribution in [1.82, 2.24) is 0 Å². The van der Waals surface area contributed by atoms with Crippen LogP contribution >= 0.6 is 22.6 Å². The molecule has 0 radical (unpaired) electrons. The van der Waals surface area contributed by atoms with E-state index in [1.54, 1.807) is 6.07 Å². The van der Waals surface area contributed by atoms with Crippen LogP contribution in [0, 0.1) is 9.39 Å². The standard InChI is InChI=1S/C13H12FIN2O/c1-18-13-7-12(11(16)6-10(13)14)17-9-4-2-3-8(15)5-9/h2-7,17H,16H2,1H3. The van der Waals surface area contributed by atoms with Crippen molar-refractivity contribution < 1.29 is 9.13 Å². The molecule has 2 rings (SSSR count). The smallest absolute Gasteiger partial charge is 0.167 e. The third-order valence-corrected chi connectivity index (χ3v) is 3.10. The van der Waals surface area contributed by atoms with Gasteiger partial charge in [0.15, 0.2) is 11.6 Å². The molecule has 0 fully saturated rings. The number of hydrogen-bond acceptors (Lipinski definition) is 3. The Balaban J connectivity index is 2.34. The highest BCUT2D eigenvalue weighted by Crippen LogP contribution is 2.30. The molecule has 0 heterocycles. The lowest BCUT2D eigenvalue weighted by Crippen LogP contribution is -1.99. The first-order valence-corrected chi connectivity index (χ1v) is 6.33. The quantitative estimate of drug-likeness (QED) is 0.649. The summed E-state index contributed by atoms with van der Waals surface area (Å²) in [6.07, 6.45) is 0. The maximum absolute atomic E-state index is 13.4. The van der Waals surface area contributed by atoms with Gasteiger partial charge in [0.25, 0.3) is 0 Å². The summed E-state index contributed by atoms with van der Waals surface area (Å²) >= 11 is 2.22. The zero-order valence-electron chi connectivity index (χ0n) is 9.71. The zero-order chi connectivity index (χ0) is 13.1. The average Bonchev–Trinajstić information content (AvgIpc) is 2.33. The largest absolute Gasteiger partial charge is 0.494 e. The molecule has 0 aromatic heterocycles. The second-order valence-corrected chi connectivity index (χ2v) is 4.95. The highest BCUT2D eigenvalue weighted by atomic mass is 127. The summed E-state index contributed by atoms with van der Waals surface area (Å²) in [4.78, 5) is 0. The van der Waals surface area contributed by atoms with Crippen LogP contribution in [-0.4, -0.2) is 7.11 Å². The van der Waals surface area contributed by atoms with Gasteiger partial charge in [-0.05, 0) is 40.8 Å². The minimum absolute atomic E-state index is 0.164. The van der Waals surface area contributed by atoms with Gasteiger partial charge in [-0.1, -0.05) is 6.07 Å². The fraction of sp³-hybridized carbons (Fsp3) is 0.0769. The molecule has 0 saturated heterocycles. The lowest BCUT2D eigenvalue weighted by atomic mass is 10.2. The Morgan fingerprint density at radius 3 is 2.72 bits per heavy atom. The number of halogens is 2. The van der Waals surface area contributed by atoms with E-state index in [0.717, 1.165) is 9.26 Å². The van der Waals surface area contributed by atoms with Crippen LogP contribution in [0.3, 0.4) is 0 Å². The molecule has 2 aromatic rings. The summed E-state index contributed by atoms with van der Waals surface area (Å²) in [5.74, 6) is -0.305. The van der Waals surface area contributed by atoms with Crippen molar-refractivity contribution >= 4 is 39.7 Å². The Labute approximate surface area is 118 Å². The van der Waals surface area contributed by atoms with Crippen molar-refractivity contribution in [3.05, 3.63) is 45.8 Å². The molecule has 0 atom stereocenters. The van der Waals surface area contributed by atoms with Crippen molar-refractivity contribution in [2.45, 2.75) is 0 Å². The van der Waals surface area contributed by atoms with Crippen LogP contribution in [0.4, 0.5) is 21.5 Å². The van der Waals surface area contributed by atoms with E-state index in [1.165, 1.54) is 13.2 Å². The molecule has 0 amide bonds. The van der Waals surface area contributed by atoms with Gasteiger partial charge in [0.05, 0.1) is 18.5 Å². The van der Waals surface area contributed by atoms with E-state index >= 15 is 0 Å². The van der Waals surface area contributed by atoms with E-state index in [-0.39, 0.29) is 5.75 Å². The van der Waals surface area contributed by atoms with E-state index in [4.69, 9.17) is 10.5 Å². The van der Waals surface area contributed by atoms with E-state index in [0.29, 0.717) is 11.4 Å². The van der Waals surface area contributed by atoms with E-state index in [2.05, 4.69) is 27.9 Å². The van der Waals surface area contributed by atoms with Crippen LogP contribution in [0.2, 0.25) is 0 Å².